The molecule has 0 saturated carbocycles. The number of benzene rings is 2. The van der Waals surface area contributed by atoms with Crippen LogP contribution in [0.4, 0.5) is 5.69 Å². The normalized spacial score (nSPS) is 13.6. The Morgan fingerprint density at radius 3 is 2.23 bits per heavy atom. The van der Waals surface area contributed by atoms with Crippen molar-refractivity contribution in [2.45, 2.75) is 39.8 Å². The van der Waals surface area contributed by atoms with Crippen LogP contribution in [-0.4, -0.2) is 11.8 Å². The molecule has 0 bridgehead atoms. The van der Waals surface area contributed by atoms with E-state index in [9.17, 15) is 0 Å². The number of hydrogen-bond donors (Lipinski definition) is 0. The first-order chi connectivity index (χ1) is 14.1. The highest BCUT2D eigenvalue weighted by Crippen LogP contribution is 2.62. The third kappa shape index (κ3) is 5.04. The molecule has 7 heteroatoms. The number of nitrogens with zero attached hydrogens (tertiary/aromatic N) is 1. The standard InChI is InChI=1S/C23H26Br2NO3P/c1-6-27-19-11-9-18(10-12-19)26-30(23(3,4)5,22-14-7-16(2)28-22)29-21-13-8-17(24)15-20(21)25/h7-15H,6H2,1-5H3. The summed E-state index contributed by atoms with van der Waals surface area (Å²) < 4.78 is 25.5. The number of halogens is 2. The number of aryl methyl sites for hydroxylation is 1. The molecule has 0 amide bonds. The van der Waals surface area contributed by atoms with Crippen LogP contribution in [0.1, 0.15) is 33.5 Å². The van der Waals surface area contributed by atoms with Gasteiger partial charge in [-0.3, -0.25) is 0 Å². The fourth-order valence-corrected chi connectivity index (χ4v) is 7.11. The first-order valence-electron chi connectivity index (χ1n) is 9.71. The second-order valence-electron chi connectivity index (χ2n) is 7.82. The van der Waals surface area contributed by atoms with Gasteiger partial charge in [-0.05, 0) is 84.4 Å². The molecule has 3 rings (SSSR count). The zero-order valence-corrected chi connectivity index (χ0v) is 21.8. The Morgan fingerprint density at radius 2 is 1.70 bits per heavy atom. The molecule has 0 saturated heterocycles. The molecule has 3 aromatic rings. The van der Waals surface area contributed by atoms with E-state index in [0.717, 1.165) is 37.4 Å². The molecular formula is C23H26Br2NO3P. The average Bonchev–Trinajstić information content (AvgIpc) is 3.10. The van der Waals surface area contributed by atoms with Gasteiger partial charge in [0.2, 0.25) is 7.28 Å². The van der Waals surface area contributed by atoms with Crippen molar-refractivity contribution in [1.29, 1.82) is 0 Å². The largest absolute Gasteiger partial charge is 0.494 e. The Labute approximate surface area is 195 Å². The summed E-state index contributed by atoms with van der Waals surface area (Å²) in [5.74, 6) is 2.38. The van der Waals surface area contributed by atoms with Crippen LogP contribution in [0.25, 0.3) is 0 Å². The molecule has 0 aliphatic carbocycles. The molecule has 4 nitrogen and oxygen atoms in total. The number of furan rings is 1. The van der Waals surface area contributed by atoms with Crippen molar-refractivity contribution in [3.05, 3.63) is 69.3 Å². The van der Waals surface area contributed by atoms with Crippen molar-refractivity contribution >= 4 is 50.3 Å². The fourth-order valence-electron chi connectivity index (χ4n) is 2.95. The van der Waals surface area contributed by atoms with Gasteiger partial charge in [0.05, 0.1) is 16.8 Å². The quantitative estimate of drug-likeness (QED) is 0.287. The topological polar surface area (TPSA) is 44.0 Å². The van der Waals surface area contributed by atoms with Crippen molar-refractivity contribution in [2.24, 2.45) is 4.74 Å². The molecule has 0 radical (unpaired) electrons. The van der Waals surface area contributed by atoms with Crippen LogP contribution in [0.3, 0.4) is 0 Å². The summed E-state index contributed by atoms with van der Waals surface area (Å²) in [6.07, 6.45) is 0. The minimum atomic E-state index is -2.66. The second-order valence-corrected chi connectivity index (χ2v) is 12.9. The molecule has 160 valence electrons. The maximum Gasteiger partial charge on any atom is 0.207 e. The van der Waals surface area contributed by atoms with Gasteiger partial charge in [-0.25, -0.2) is 4.74 Å². The third-order valence-corrected chi connectivity index (χ3v) is 9.21. The van der Waals surface area contributed by atoms with Crippen LogP contribution in [0.2, 0.25) is 0 Å². The molecule has 0 spiro atoms. The molecule has 0 aliphatic rings. The van der Waals surface area contributed by atoms with E-state index < -0.39 is 7.28 Å². The Bertz CT molecular complexity index is 1070. The smallest absolute Gasteiger partial charge is 0.207 e. The summed E-state index contributed by atoms with van der Waals surface area (Å²) in [5.41, 5.74) is 1.58. The predicted octanol–water partition coefficient (Wildman–Crippen LogP) is 8.46. The molecule has 2 aromatic carbocycles. The minimum absolute atomic E-state index is 0.317. The van der Waals surface area contributed by atoms with Crippen LogP contribution in [0.15, 0.2) is 72.7 Å². The Morgan fingerprint density at radius 1 is 1.00 bits per heavy atom. The second kappa shape index (κ2) is 9.33. The van der Waals surface area contributed by atoms with Gasteiger partial charge in [-0.1, -0.05) is 36.7 Å². The number of rotatable bonds is 6. The first kappa shape index (κ1) is 23.2. The lowest BCUT2D eigenvalue weighted by Crippen LogP contribution is -2.26. The van der Waals surface area contributed by atoms with Crippen LogP contribution in [-0.2, 0) is 0 Å². The molecule has 0 N–H and O–H groups in total. The van der Waals surface area contributed by atoms with E-state index in [0.29, 0.717) is 6.61 Å². The summed E-state index contributed by atoms with van der Waals surface area (Å²) in [6, 6.07) is 17.6. The molecular weight excluding hydrogens is 529 g/mol. The van der Waals surface area contributed by atoms with E-state index in [1.165, 1.54) is 0 Å². The average molecular weight is 555 g/mol. The number of ether oxygens (including phenoxy) is 1. The van der Waals surface area contributed by atoms with Gasteiger partial charge in [-0.2, -0.15) is 0 Å². The van der Waals surface area contributed by atoms with E-state index in [1.54, 1.807) is 0 Å². The lowest BCUT2D eigenvalue weighted by molar-refractivity contribution is 0.340. The Kier molecular flexibility index (Phi) is 7.21. The predicted molar refractivity (Wildman–Crippen MR) is 132 cm³/mol. The Hall–Kier alpha value is -1.49. The maximum absolute atomic E-state index is 6.79. The van der Waals surface area contributed by atoms with Gasteiger partial charge in [0.25, 0.3) is 0 Å². The molecule has 1 aromatic heterocycles. The molecule has 30 heavy (non-hydrogen) atoms. The summed E-state index contributed by atoms with van der Waals surface area (Å²) >= 11 is 7.14. The minimum Gasteiger partial charge on any atom is -0.494 e. The zero-order valence-electron chi connectivity index (χ0n) is 17.8. The highest BCUT2D eigenvalue weighted by atomic mass is 79.9. The summed E-state index contributed by atoms with van der Waals surface area (Å²) in [4.78, 5) is 0. The monoisotopic (exact) mass is 553 g/mol. The first-order valence-corrected chi connectivity index (χ1v) is 13.0. The molecule has 0 fully saturated rings. The van der Waals surface area contributed by atoms with Gasteiger partial charge in [0, 0.05) is 9.63 Å². The lowest BCUT2D eigenvalue weighted by atomic mass is 10.3. The summed E-state index contributed by atoms with van der Waals surface area (Å²) in [5, 5.41) is -0.317. The van der Waals surface area contributed by atoms with Crippen molar-refractivity contribution in [1.82, 2.24) is 0 Å². The SMILES string of the molecule is CCOc1ccc(N=P(Oc2ccc(Br)cc2Br)(c2ccc(C)o2)C(C)(C)C)cc1. The van der Waals surface area contributed by atoms with Gasteiger partial charge in [0.1, 0.15) is 17.3 Å². The Balaban J connectivity index is 2.22. The number of hydrogen-bond acceptors (Lipinski definition) is 4. The molecule has 1 heterocycles. The maximum atomic E-state index is 6.79. The van der Waals surface area contributed by atoms with E-state index in [-0.39, 0.29) is 5.16 Å². The summed E-state index contributed by atoms with van der Waals surface area (Å²) in [6.45, 7) is 11.0. The highest BCUT2D eigenvalue weighted by molar-refractivity contribution is 9.11. The molecule has 1 unspecified atom stereocenters. The van der Waals surface area contributed by atoms with Crippen LogP contribution in [0.5, 0.6) is 11.5 Å². The zero-order chi connectivity index (χ0) is 21.9. The van der Waals surface area contributed by atoms with Gasteiger partial charge >= 0.3 is 0 Å². The molecule has 1 atom stereocenters. The van der Waals surface area contributed by atoms with Crippen LogP contribution in [0, 0.1) is 6.92 Å². The third-order valence-electron chi connectivity index (χ3n) is 4.46. The fraction of sp³-hybridized carbons (Fsp3) is 0.304. The summed E-state index contributed by atoms with van der Waals surface area (Å²) in [7, 11) is -2.66. The van der Waals surface area contributed by atoms with Crippen molar-refractivity contribution < 1.29 is 13.7 Å². The highest BCUT2D eigenvalue weighted by Gasteiger charge is 2.42. The van der Waals surface area contributed by atoms with Crippen molar-refractivity contribution in [3.8, 4) is 11.5 Å². The molecule has 0 aliphatic heterocycles. The van der Waals surface area contributed by atoms with Gasteiger partial charge in [0.15, 0.2) is 5.50 Å². The van der Waals surface area contributed by atoms with Gasteiger partial charge < -0.3 is 13.7 Å². The van der Waals surface area contributed by atoms with E-state index in [4.69, 9.17) is 18.4 Å². The van der Waals surface area contributed by atoms with E-state index in [2.05, 4.69) is 52.6 Å². The van der Waals surface area contributed by atoms with E-state index in [1.807, 2.05) is 68.4 Å². The van der Waals surface area contributed by atoms with Gasteiger partial charge in [-0.15, -0.1) is 0 Å². The van der Waals surface area contributed by atoms with Crippen molar-refractivity contribution in [3.63, 3.8) is 0 Å². The van der Waals surface area contributed by atoms with Crippen LogP contribution < -0.4 is 14.8 Å². The van der Waals surface area contributed by atoms with Crippen molar-refractivity contribution in [2.75, 3.05) is 6.61 Å². The lowest BCUT2D eigenvalue weighted by Gasteiger charge is -2.35. The van der Waals surface area contributed by atoms with Crippen LogP contribution >= 0.6 is 39.1 Å². The van der Waals surface area contributed by atoms with E-state index >= 15 is 0 Å².